The van der Waals surface area contributed by atoms with Crippen LogP contribution in [0.1, 0.15) is 35.9 Å². The molecule has 2 saturated heterocycles. The lowest BCUT2D eigenvalue weighted by Gasteiger charge is -2.33. The van der Waals surface area contributed by atoms with Gasteiger partial charge in [-0.25, -0.2) is 9.97 Å². The van der Waals surface area contributed by atoms with Gasteiger partial charge in [0.2, 0.25) is 12.4 Å². The first-order valence-electron chi connectivity index (χ1n) is 8.66. The first-order chi connectivity index (χ1) is 11.6. The molecule has 2 aliphatic heterocycles. The van der Waals surface area contributed by atoms with Crippen LogP contribution in [0.5, 0.6) is 0 Å². The molecule has 2 amide bonds. The maximum atomic E-state index is 12.8. The SMILES string of the molecule is Cc1cc(C(=O)N2CCCC(C)C2)nc(N2CCN(C=O)CC2)n1. The zero-order chi connectivity index (χ0) is 17.1. The van der Waals surface area contributed by atoms with Crippen molar-refractivity contribution in [1.29, 1.82) is 0 Å². The summed E-state index contributed by atoms with van der Waals surface area (Å²) < 4.78 is 0. The fraction of sp³-hybridized carbons (Fsp3) is 0.647. The highest BCUT2D eigenvalue weighted by atomic mass is 16.2. The van der Waals surface area contributed by atoms with E-state index >= 15 is 0 Å². The molecular weight excluding hydrogens is 306 g/mol. The molecular formula is C17H25N5O2. The van der Waals surface area contributed by atoms with E-state index in [4.69, 9.17) is 0 Å². The lowest BCUT2D eigenvalue weighted by atomic mass is 10.00. The molecule has 2 aliphatic rings. The highest BCUT2D eigenvalue weighted by molar-refractivity contribution is 5.92. The molecule has 1 unspecified atom stereocenters. The van der Waals surface area contributed by atoms with Gasteiger partial charge in [0, 0.05) is 45.0 Å². The minimum Gasteiger partial charge on any atom is -0.342 e. The number of rotatable bonds is 3. The lowest BCUT2D eigenvalue weighted by Crippen LogP contribution is -2.46. The number of hydrogen-bond acceptors (Lipinski definition) is 5. The molecule has 3 rings (SSSR count). The minimum absolute atomic E-state index is 0.000160. The van der Waals surface area contributed by atoms with Gasteiger partial charge in [0.05, 0.1) is 0 Å². The van der Waals surface area contributed by atoms with E-state index in [0.717, 1.165) is 31.6 Å². The summed E-state index contributed by atoms with van der Waals surface area (Å²) in [5, 5.41) is 0. The monoisotopic (exact) mass is 331 g/mol. The third-order valence-electron chi connectivity index (χ3n) is 4.75. The molecule has 1 atom stereocenters. The van der Waals surface area contributed by atoms with E-state index in [0.29, 0.717) is 43.7 Å². The van der Waals surface area contributed by atoms with Crippen LogP contribution in [-0.2, 0) is 4.79 Å². The van der Waals surface area contributed by atoms with Crippen LogP contribution >= 0.6 is 0 Å². The molecule has 0 N–H and O–H groups in total. The summed E-state index contributed by atoms with van der Waals surface area (Å²) in [5.41, 5.74) is 1.27. The van der Waals surface area contributed by atoms with Gasteiger partial charge in [-0.1, -0.05) is 6.92 Å². The van der Waals surface area contributed by atoms with E-state index in [9.17, 15) is 9.59 Å². The number of nitrogens with zero attached hydrogens (tertiary/aromatic N) is 5. The van der Waals surface area contributed by atoms with Crippen LogP contribution in [0.25, 0.3) is 0 Å². The first-order valence-corrected chi connectivity index (χ1v) is 8.66. The number of anilines is 1. The van der Waals surface area contributed by atoms with Crippen molar-refractivity contribution in [3.05, 3.63) is 17.5 Å². The van der Waals surface area contributed by atoms with Crippen molar-refractivity contribution in [3.63, 3.8) is 0 Å². The number of carbonyl (C=O) groups is 2. The van der Waals surface area contributed by atoms with Gasteiger partial charge in [0.25, 0.3) is 5.91 Å². The summed E-state index contributed by atoms with van der Waals surface area (Å²) in [4.78, 5) is 38.3. The third kappa shape index (κ3) is 3.66. The highest BCUT2D eigenvalue weighted by Crippen LogP contribution is 2.19. The summed E-state index contributed by atoms with van der Waals surface area (Å²) >= 11 is 0. The molecule has 24 heavy (non-hydrogen) atoms. The Hall–Kier alpha value is -2.18. The Morgan fingerprint density at radius 3 is 2.62 bits per heavy atom. The van der Waals surface area contributed by atoms with Crippen LogP contribution in [0.2, 0.25) is 0 Å². The standard InChI is InChI=1S/C17H25N5O2/c1-13-4-3-5-22(11-13)16(24)15-10-14(2)18-17(19-15)21-8-6-20(12-23)7-9-21/h10,12-13H,3-9,11H2,1-2H3. The van der Waals surface area contributed by atoms with Crippen molar-refractivity contribution >= 4 is 18.3 Å². The Morgan fingerprint density at radius 2 is 1.96 bits per heavy atom. The molecule has 3 heterocycles. The average molecular weight is 331 g/mol. The molecule has 1 aromatic rings. The fourth-order valence-corrected chi connectivity index (χ4v) is 3.37. The van der Waals surface area contributed by atoms with Crippen LogP contribution in [0.4, 0.5) is 5.95 Å². The normalized spacial score (nSPS) is 21.8. The number of likely N-dealkylation sites (tertiary alicyclic amines) is 1. The van der Waals surface area contributed by atoms with Gasteiger partial charge in [-0.05, 0) is 31.7 Å². The first kappa shape index (κ1) is 16.7. The summed E-state index contributed by atoms with van der Waals surface area (Å²) in [6.45, 7) is 8.38. The largest absolute Gasteiger partial charge is 0.342 e. The second kappa shape index (κ2) is 7.15. The number of aromatic nitrogens is 2. The zero-order valence-electron chi connectivity index (χ0n) is 14.4. The summed E-state index contributed by atoms with van der Waals surface area (Å²) in [6, 6.07) is 1.77. The van der Waals surface area contributed by atoms with E-state index in [2.05, 4.69) is 16.9 Å². The topological polar surface area (TPSA) is 69.6 Å². The molecule has 7 nitrogen and oxygen atoms in total. The second-order valence-corrected chi connectivity index (χ2v) is 6.82. The molecule has 130 valence electrons. The lowest BCUT2D eigenvalue weighted by molar-refractivity contribution is -0.118. The third-order valence-corrected chi connectivity index (χ3v) is 4.75. The smallest absolute Gasteiger partial charge is 0.272 e. The molecule has 7 heteroatoms. The van der Waals surface area contributed by atoms with E-state index in [1.807, 2.05) is 16.7 Å². The number of piperazine rings is 1. The van der Waals surface area contributed by atoms with Gasteiger partial charge < -0.3 is 14.7 Å². The van der Waals surface area contributed by atoms with Crippen molar-refractivity contribution in [1.82, 2.24) is 19.8 Å². The van der Waals surface area contributed by atoms with Crippen LogP contribution < -0.4 is 4.90 Å². The minimum atomic E-state index is -0.000160. The van der Waals surface area contributed by atoms with Gasteiger partial charge in [-0.2, -0.15) is 0 Å². The Kier molecular flexibility index (Phi) is 4.97. The predicted molar refractivity (Wildman–Crippen MR) is 90.9 cm³/mol. The quantitative estimate of drug-likeness (QED) is 0.771. The molecule has 0 radical (unpaired) electrons. The fourth-order valence-electron chi connectivity index (χ4n) is 3.37. The van der Waals surface area contributed by atoms with Crippen LogP contribution in [-0.4, -0.2) is 71.4 Å². The Bertz CT molecular complexity index is 613. The summed E-state index contributed by atoms with van der Waals surface area (Å²) in [5.74, 6) is 1.13. The Balaban J connectivity index is 1.76. The molecule has 0 saturated carbocycles. The Morgan fingerprint density at radius 1 is 1.21 bits per heavy atom. The number of amides is 2. The van der Waals surface area contributed by atoms with Crippen LogP contribution in [0, 0.1) is 12.8 Å². The van der Waals surface area contributed by atoms with E-state index in [1.54, 1.807) is 11.0 Å². The van der Waals surface area contributed by atoms with Crippen molar-refractivity contribution in [2.24, 2.45) is 5.92 Å². The molecule has 1 aromatic heterocycles. The molecule has 2 fully saturated rings. The number of carbonyl (C=O) groups excluding carboxylic acids is 2. The maximum absolute atomic E-state index is 12.8. The van der Waals surface area contributed by atoms with Gasteiger partial charge >= 0.3 is 0 Å². The van der Waals surface area contributed by atoms with Gasteiger partial charge in [0.15, 0.2) is 0 Å². The van der Waals surface area contributed by atoms with Gasteiger partial charge in [-0.15, -0.1) is 0 Å². The van der Waals surface area contributed by atoms with Gasteiger partial charge in [-0.3, -0.25) is 9.59 Å². The van der Waals surface area contributed by atoms with Crippen molar-refractivity contribution in [2.75, 3.05) is 44.2 Å². The second-order valence-electron chi connectivity index (χ2n) is 6.82. The number of hydrogen-bond donors (Lipinski definition) is 0. The van der Waals surface area contributed by atoms with E-state index in [-0.39, 0.29) is 5.91 Å². The van der Waals surface area contributed by atoms with Crippen LogP contribution in [0.3, 0.4) is 0 Å². The molecule has 0 aromatic carbocycles. The predicted octanol–water partition coefficient (Wildman–Crippen LogP) is 0.936. The van der Waals surface area contributed by atoms with Crippen molar-refractivity contribution in [2.45, 2.75) is 26.7 Å². The van der Waals surface area contributed by atoms with E-state index < -0.39 is 0 Å². The van der Waals surface area contributed by atoms with Crippen molar-refractivity contribution in [3.8, 4) is 0 Å². The maximum Gasteiger partial charge on any atom is 0.272 e. The Labute approximate surface area is 142 Å². The molecule has 0 bridgehead atoms. The summed E-state index contributed by atoms with van der Waals surface area (Å²) in [6.07, 6.45) is 3.11. The average Bonchev–Trinajstić information content (AvgIpc) is 2.60. The van der Waals surface area contributed by atoms with Crippen LogP contribution in [0.15, 0.2) is 6.07 Å². The summed E-state index contributed by atoms with van der Waals surface area (Å²) in [7, 11) is 0. The number of aryl methyl sites for hydroxylation is 1. The molecule has 0 spiro atoms. The number of piperidine rings is 1. The van der Waals surface area contributed by atoms with Crippen molar-refractivity contribution < 1.29 is 9.59 Å². The molecule has 0 aliphatic carbocycles. The highest BCUT2D eigenvalue weighted by Gasteiger charge is 2.25. The van der Waals surface area contributed by atoms with E-state index in [1.165, 1.54) is 6.42 Å². The zero-order valence-corrected chi connectivity index (χ0v) is 14.4. The van der Waals surface area contributed by atoms with Gasteiger partial charge in [0.1, 0.15) is 5.69 Å².